The minimum atomic E-state index is 0.0947. The largest absolute Gasteiger partial charge is 0.341 e. The molecule has 0 radical (unpaired) electrons. The van der Waals surface area contributed by atoms with E-state index >= 15 is 0 Å². The van der Waals surface area contributed by atoms with E-state index in [1.165, 1.54) is 32.1 Å². The molecule has 17 heavy (non-hydrogen) atoms. The van der Waals surface area contributed by atoms with E-state index in [0.717, 1.165) is 38.4 Å². The van der Waals surface area contributed by atoms with Crippen molar-refractivity contribution in [3.05, 3.63) is 0 Å². The topological polar surface area (TPSA) is 32.3 Å². The van der Waals surface area contributed by atoms with Crippen molar-refractivity contribution in [2.24, 2.45) is 5.92 Å². The molecule has 0 bridgehead atoms. The van der Waals surface area contributed by atoms with E-state index in [1.807, 2.05) is 0 Å². The summed E-state index contributed by atoms with van der Waals surface area (Å²) in [6, 6.07) is 0.0947. The molecule has 0 aromatic heterocycles. The van der Waals surface area contributed by atoms with Gasteiger partial charge in [-0.3, -0.25) is 4.79 Å². The lowest BCUT2D eigenvalue weighted by Gasteiger charge is -2.33. The molecule has 0 aromatic carbocycles. The van der Waals surface area contributed by atoms with Gasteiger partial charge in [0, 0.05) is 13.1 Å². The Hall–Kier alpha value is -0.570. The second kappa shape index (κ2) is 6.39. The van der Waals surface area contributed by atoms with Crippen molar-refractivity contribution >= 4 is 5.91 Å². The molecule has 0 spiro atoms. The van der Waals surface area contributed by atoms with E-state index in [9.17, 15) is 4.79 Å². The Bertz CT molecular complexity index is 247. The predicted molar refractivity (Wildman–Crippen MR) is 69.9 cm³/mol. The van der Waals surface area contributed by atoms with Gasteiger partial charge in [-0.15, -0.1) is 0 Å². The van der Waals surface area contributed by atoms with Crippen molar-refractivity contribution in [3.63, 3.8) is 0 Å². The second-order valence-corrected chi connectivity index (χ2v) is 5.52. The van der Waals surface area contributed by atoms with Gasteiger partial charge < -0.3 is 10.2 Å². The minimum Gasteiger partial charge on any atom is -0.341 e. The summed E-state index contributed by atoms with van der Waals surface area (Å²) in [4.78, 5) is 14.3. The van der Waals surface area contributed by atoms with Gasteiger partial charge >= 0.3 is 0 Å². The zero-order valence-corrected chi connectivity index (χ0v) is 11.1. The van der Waals surface area contributed by atoms with E-state index < -0.39 is 0 Å². The number of amides is 1. The third kappa shape index (κ3) is 3.44. The number of nitrogens with one attached hydrogen (secondary N) is 1. The van der Waals surface area contributed by atoms with Crippen LogP contribution in [0.4, 0.5) is 0 Å². The Kier molecular flexibility index (Phi) is 4.84. The maximum atomic E-state index is 12.2. The first kappa shape index (κ1) is 12.9. The Labute approximate surface area is 105 Å². The highest BCUT2D eigenvalue weighted by Crippen LogP contribution is 2.28. The molecule has 1 heterocycles. The first-order valence-corrected chi connectivity index (χ1v) is 7.33. The van der Waals surface area contributed by atoms with Crippen LogP contribution in [0.15, 0.2) is 0 Å². The molecular formula is C14H26N2O. The fraction of sp³-hybridized carbons (Fsp3) is 0.929. The Morgan fingerprint density at radius 1 is 1.24 bits per heavy atom. The number of carbonyl (C=O) groups is 1. The van der Waals surface area contributed by atoms with Crippen LogP contribution in [0.5, 0.6) is 0 Å². The molecule has 1 unspecified atom stereocenters. The smallest absolute Gasteiger partial charge is 0.239 e. The van der Waals surface area contributed by atoms with Gasteiger partial charge in [-0.05, 0) is 31.7 Å². The molecule has 1 amide bonds. The number of hydrogen-bond donors (Lipinski definition) is 1. The molecule has 2 rings (SSSR count). The van der Waals surface area contributed by atoms with Gasteiger partial charge in [0.05, 0.1) is 6.04 Å². The molecule has 0 aromatic rings. The molecule has 1 saturated heterocycles. The highest BCUT2D eigenvalue weighted by Gasteiger charge is 2.28. The average molecular weight is 238 g/mol. The standard InChI is InChI=1S/C14H26N2O/c1-2-15-13-8-5-10-16(14(13)17)11-9-12-6-3-4-7-12/h12-13,15H,2-11H2,1H3. The molecule has 1 atom stereocenters. The summed E-state index contributed by atoms with van der Waals surface area (Å²) in [6.07, 6.45) is 8.99. The highest BCUT2D eigenvalue weighted by molar-refractivity contribution is 5.82. The highest BCUT2D eigenvalue weighted by atomic mass is 16.2. The van der Waals surface area contributed by atoms with Gasteiger partial charge in [0.15, 0.2) is 0 Å². The van der Waals surface area contributed by atoms with Crippen molar-refractivity contribution < 1.29 is 4.79 Å². The summed E-state index contributed by atoms with van der Waals surface area (Å²) in [5.41, 5.74) is 0. The van der Waals surface area contributed by atoms with Gasteiger partial charge in [0.2, 0.25) is 5.91 Å². The molecule has 1 saturated carbocycles. The molecule has 2 aliphatic rings. The number of nitrogens with zero attached hydrogens (tertiary/aromatic N) is 1. The summed E-state index contributed by atoms with van der Waals surface area (Å²) in [5.74, 6) is 1.23. The van der Waals surface area contributed by atoms with Crippen molar-refractivity contribution in [1.29, 1.82) is 0 Å². The normalized spacial score (nSPS) is 26.8. The van der Waals surface area contributed by atoms with Crippen LogP contribution in [0, 0.1) is 5.92 Å². The van der Waals surface area contributed by atoms with Crippen molar-refractivity contribution in [3.8, 4) is 0 Å². The molecule has 1 aliphatic heterocycles. The molecule has 3 nitrogen and oxygen atoms in total. The molecular weight excluding hydrogens is 212 g/mol. The van der Waals surface area contributed by atoms with Crippen LogP contribution < -0.4 is 5.32 Å². The zero-order valence-electron chi connectivity index (χ0n) is 11.1. The van der Waals surface area contributed by atoms with Crippen LogP contribution in [0.1, 0.15) is 51.9 Å². The second-order valence-electron chi connectivity index (χ2n) is 5.52. The van der Waals surface area contributed by atoms with E-state index in [4.69, 9.17) is 0 Å². The Balaban J connectivity index is 1.76. The van der Waals surface area contributed by atoms with E-state index in [1.54, 1.807) is 0 Å². The zero-order chi connectivity index (χ0) is 12.1. The Morgan fingerprint density at radius 3 is 2.71 bits per heavy atom. The van der Waals surface area contributed by atoms with E-state index in [-0.39, 0.29) is 6.04 Å². The molecule has 1 N–H and O–H groups in total. The third-order valence-electron chi connectivity index (χ3n) is 4.26. The summed E-state index contributed by atoms with van der Waals surface area (Å²) < 4.78 is 0. The number of piperidine rings is 1. The molecule has 2 fully saturated rings. The summed E-state index contributed by atoms with van der Waals surface area (Å²) in [5, 5.41) is 3.30. The third-order valence-corrected chi connectivity index (χ3v) is 4.26. The van der Waals surface area contributed by atoms with E-state index in [2.05, 4.69) is 17.1 Å². The summed E-state index contributed by atoms with van der Waals surface area (Å²) in [6.45, 7) is 4.94. The fourth-order valence-corrected chi connectivity index (χ4v) is 3.24. The van der Waals surface area contributed by atoms with Crippen molar-refractivity contribution in [2.45, 2.75) is 57.9 Å². The quantitative estimate of drug-likeness (QED) is 0.796. The number of hydrogen-bond acceptors (Lipinski definition) is 2. The number of likely N-dealkylation sites (tertiary alicyclic amines) is 1. The van der Waals surface area contributed by atoms with Crippen LogP contribution in [-0.4, -0.2) is 36.5 Å². The van der Waals surface area contributed by atoms with Gasteiger partial charge in [0.25, 0.3) is 0 Å². The molecule has 1 aliphatic carbocycles. The summed E-state index contributed by atoms with van der Waals surface area (Å²) in [7, 11) is 0. The van der Waals surface area contributed by atoms with Crippen LogP contribution in [0.2, 0.25) is 0 Å². The predicted octanol–water partition coefficient (Wildman–Crippen LogP) is 2.17. The number of likely N-dealkylation sites (N-methyl/N-ethyl adjacent to an activating group) is 1. The van der Waals surface area contributed by atoms with E-state index in [0.29, 0.717) is 5.91 Å². The average Bonchev–Trinajstić information content (AvgIpc) is 2.83. The Morgan fingerprint density at radius 2 is 2.00 bits per heavy atom. The number of carbonyl (C=O) groups excluding carboxylic acids is 1. The lowest BCUT2D eigenvalue weighted by molar-refractivity contribution is -0.136. The maximum absolute atomic E-state index is 12.2. The van der Waals surface area contributed by atoms with Crippen molar-refractivity contribution in [1.82, 2.24) is 10.2 Å². The SMILES string of the molecule is CCNC1CCCN(CCC2CCCC2)C1=O. The van der Waals surface area contributed by atoms with Gasteiger partial charge in [-0.25, -0.2) is 0 Å². The fourth-order valence-electron chi connectivity index (χ4n) is 3.24. The maximum Gasteiger partial charge on any atom is 0.239 e. The first-order valence-electron chi connectivity index (χ1n) is 7.33. The molecule has 3 heteroatoms. The molecule has 98 valence electrons. The lowest BCUT2D eigenvalue weighted by Crippen LogP contribution is -2.50. The summed E-state index contributed by atoms with van der Waals surface area (Å²) >= 11 is 0. The van der Waals surface area contributed by atoms with Gasteiger partial charge in [0.1, 0.15) is 0 Å². The van der Waals surface area contributed by atoms with Gasteiger partial charge in [-0.2, -0.15) is 0 Å². The monoisotopic (exact) mass is 238 g/mol. The van der Waals surface area contributed by atoms with Crippen LogP contribution in [-0.2, 0) is 4.79 Å². The van der Waals surface area contributed by atoms with Crippen LogP contribution in [0.3, 0.4) is 0 Å². The lowest BCUT2D eigenvalue weighted by atomic mass is 10.0. The van der Waals surface area contributed by atoms with Crippen LogP contribution >= 0.6 is 0 Å². The first-order chi connectivity index (χ1) is 8.31. The minimum absolute atomic E-state index is 0.0947. The number of rotatable bonds is 5. The van der Waals surface area contributed by atoms with Gasteiger partial charge in [-0.1, -0.05) is 32.6 Å². The van der Waals surface area contributed by atoms with Crippen molar-refractivity contribution in [2.75, 3.05) is 19.6 Å². The van der Waals surface area contributed by atoms with Crippen LogP contribution in [0.25, 0.3) is 0 Å².